The van der Waals surface area contributed by atoms with Crippen LogP contribution in [0.15, 0.2) is 22.6 Å². The Kier molecular flexibility index (Phi) is 4.58. The molecule has 0 aliphatic carbocycles. The standard InChI is InChI=1S/C16H20FN3O3/c1-19(10-16(22)20-6-4-12(21)5-7-20)9-15-18-13-3-2-11(17)8-14(13)23-15/h2-3,8,12,21H,4-7,9-10H2,1H3. The molecule has 1 aliphatic heterocycles. The number of carbonyl (C=O) groups is 1. The molecule has 0 unspecified atom stereocenters. The third kappa shape index (κ3) is 3.86. The van der Waals surface area contributed by atoms with Crippen LogP contribution in [-0.4, -0.2) is 58.6 Å². The van der Waals surface area contributed by atoms with Crippen LogP contribution in [0.5, 0.6) is 0 Å². The van der Waals surface area contributed by atoms with Crippen LogP contribution >= 0.6 is 0 Å². The van der Waals surface area contributed by atoms with Gasteiger partial charge in [-0.3, -0.25) is 9.69 Å². The molecule has 1 saturated heterocycles. The SMILES string of the molecule is CN(CC(=O)N1CCC(O)CC1)Cc1nc2ccc(F)cc2o1. The number of piperidine rings is 1. The molecule has 2 heterocycles. The van der Waals surface area contributed by atoms with Crippen LogP contribution < -0.4 is 0 Å². The van der Waals surface area contributed by atoms with E-state index in [1.54, 1.807) is 11.0 Å². The van der Waals surface area contributed by atoms with Crippen molar-refractivity contribution in [1.29, 1.82) is 0 Å². The quantitative estimate of drug-likeness (QED) is 0.921. The molecule has 3 rings (SSSR count). The highest BCUT2D eigenvalue weighted by molar-refractivity contribution is 5.78. The van der Waals surface area contributed by atoms with Gasteiger partial charge in [-0.15, -0.1) is 0 Å². The third-order valence-electron chi connectivity index (χ3n) is 4.02. The van der Waals surface area contributed by atoms with E-state index in [1.165, 1.54) is 12.1 Å². The van der Waals surface area contributed by atoms with E-state index >= 15 is 0 Å². The fourth-order valence-corrected chi connectivity index (χ4v) is 2.75. The van der Waals surface area contributed by atoms with Crippen LogP contribution in [0.25, 0.3) is 11.1 Å². The molecule has 6 nitrogen and oxygen atoms in total. The zero-order chi connectivity index (χ0) is 16.4. The lowest BCUT2D eigenvalue weighted by Gasteiger charge is -2.30. The summed E-state index contributed by atoms with van der Waals surface area (Å²) < 4.78 is 18.7. The maximum Gasteiger partial charge on any atom is 0.236 e. The molecule has 1 amide bonds. The Morgan fingerprint density at radius 2 is 2.22 bits per heavy atom. The molecular formula is C16H20FN3O3. The topological polar surface area (TPSA) is 69.8 Å². The fourth-order valence-electron chi connectivity index (χ4n) is 2.75. The summed E-state index contributed by atoms with van der Waals surface area (Å²) in [6.07, 6.45) is 0.968. The van der Waals surface area contributed by atoms with Gasteiger partial charge in [-0.05, 0) is 32.0 Å². The number of aromatic nitrogens is 1. The van der Waals surface area contributed by atoms with Gasteiger partial charge >= 0.3 is 0 Å². The van der Waals surface area contributed by atoms with E-state index in [9.17, 15) is 14.3 Å². The number of benzene rings is 1. The number of amides is 1. The summed E-state index contributed by atoms with van der Waals surface area (Å²) in [6.45, 7) is 1.81. The van der Waals surface area contributed by atoms with Crippen LogP contribution in [0, 0.1) is 5.82 Å². The molecule has 0 bridgehead atoms. The van der Waals surface area contributed by atoms with Crippen molar-refractivity contribution in [2.24, 2.45) is 0 Å². The van der Waals surface area contributed by atoms with Gasteiger partial charge in [-0.2, -0.15) is 0 Å². The van der Waals surface area contributed by atoms with E-state index in [2.05, 4.69) is 4.98 Å². The minimum atomic E-state index is -0.365. The van der Waals surface area contributed by atoms with Gasteiger partial charge in [0.05, 0.1) is 19.2 Å². The first-order valence-electron chi connectivity index (χ1n) is 7.70. The number of fused-ring (bicyclic) bond motifs is 1. The van der Waals surface area contributed by atoms with Crippen LogP contribution in [-0.2, 0) is 11.3 Å². The highest BCUT2D eigenvalue weighted by atomic mass is 19.1. The lowest BCUT2D eigenvalue weighted by Crippen LogP contribution is -2.44. The van der Waals surface area contributed by atoms with Gasteiger partial charge in [0.2, 0.25) is 11.8 Å². The van der Waals surface area contributed by atoms with E-state index in [-0.39, 0.29) is 24.4 Å². The number of halogens is 1. The van der Waals surface area contributed by atoms with Crippen molar-refractivity contribution < 1.29 is 18.7 Å². The van der Waals surface area contributed by atoms with Crippen molar-refractivity contribution in [3.8, 4) is 0 Å². The predicted octanol–water partition coefficient (Wildman–Crippen LogP) is 1.38. The Morgan fingerprint density at radius 3 is 2.96 bits per heavy atom. The Hall–Kier alpha value is -1.99. The number of likely N-dealkylation sites (N-methyl/N-ethyl adjacent to an activating group) is 1. The normalized spacial score (nSPS) is 16.4. The summed E-state index contributed by atoms with van der Waals surface area (Å²) in [5, 5.41) is 9.48. The van der Waals surface area contributed by atoms with E-state index in [4.69, 9.17) is 4.42 Å². The number of nitrogens with zero attached hydrogens (tertiary/aromatic N) is 3. The van der Waals surface area contributed by atoms with Crippen molar-refractivity contribution in [3.63, 3.8) is 0 Å². The molecule has 0 saturated carbocycles. The average Bonchev–Trinajstić information content (AvgIpc) is 2.88. The molecule has 23 heavy (non-hydrogen) atoms. The van der Waals surface area contributed by atoms with E-state index in [0.717, 1.165) is 0 Å². The number of rotatable bonds is 4. The third-order valence-corrected chi connectivity index (χ3v) is 4.02. The smallest absolute Gasteiger partial charge is 0.236 e. The van der Waals surface area contributed by atoms with Gasteiger partial charge in [0.1, 0.15) is 11.3 Å². The number of hydrogen-bond acceptors (Lipinski definition) is 5. The molecule has 1 aromatic carbocycles. The van der Waals surface area contributed by atoms with Gasteiger partial charge in [0.25, 0.3) is 0 Å². The second kappa shape index (κ2) is 6.64. The van der Waals surface area contributed by atoms with Gasteiger partial charge in [-0.1, -0.05) is 0 Å². The number of likely N-dealkylation sites (tertiary alicyclic amines) is 1. The van der Waals surface area contributed by atoms with Crippen molar-refractivity contribution in [2.45, 2.75) is 25.5 Å². The monoisotopic (exact) mass is 321 g/mol. The largest absolute Gasteiger partial charge is 0.439 e. The van der Waals surface area contributed by atoms with Gasteiger partial charge < -0.3 is 14.4 Å². The lowest BCUT2D eigenvalue weighted by molar-refractivity contribution is -0.134. The molecule has 2 aromatic rings. The van der Waals surface area contributed by atoms with E-state index in [1.807, 2.05) is 11.9 Å². The Morgan fingerprint density at radius 1 is 1.48 bits per heavy atom. The molecule has 1 aromatic heterocycles. The Labute approximate surface area is 133 Å². The minimum absolute atomic E-state index is 0.0292. The summed E-state index contributed by atoms with van der Waals surface area (Å²) >= 11 is 0. The van der Waals surface area contributed by atoms with E-state index < -0.39 is 0 Å². The molecule has 1 N–H and O–H groups in total. The van der Waals surface area contributed by atoms with Crippen molar-refractivity contribution in [3.05, 3.63) is 29.9 Å². The Bertz CT molecular complexity index is 695. The summed E-state index contributed by atoms with van der Waals surface area (Å²) in [5.41, 5.74) is 1.01. The van der Waals surface area contributed by atoms with Crippen molar-refractivity contribution in [1.82, 2.24) is 14.8 Å². The zero-order valence-corrected chi connectivity index (χ0v) is 13.0. The predicted molar refractivity (Wildman–Crippen MR) is 82.1 cm³/mol. The first kappa shape index (κ1) is 15.9. The van der Waals surface area contributed by atoms with Gasteiger partial charge in [0, 0.05) is 19.2 Å². The first-order valence-corrected chi connectivity index (χ1v) is 7.70. The van der Waals surface area contributed by atoms with Crippen LogP contribution in [0.1, 0.15) is 18.7 Å². The molecule has 7 heteroatoms. The second-order valence-electron chi connectivity index (χ2n) is 6.00. The number of aliphatic hydroxyl groups excluding tert-OH is 1. The van der Waals surface area contributed by atoms with Gasteiger partial charge in [0.15, 0.2) is 5.58 Å². The molecule has 124 valence electrons. The van der Waals surface area contributed by atoms with E-state index in [0.29, 0.717) is 49.5 Å². The molecule has 0 radical (unpaired) electrons. The number of carbonyl (C=O) groups excluding carboxylic acids is 1. The highest BCUT2D eigenvalue weighted by Gasteiger charge is 2.22. The fraction of sp³-hybridized carbons (Fsp3) is 0.500. The van der Waals surface area contributed by atoms with Gasteiger partial charge in [-0.25, -0.2) is 9.37 Å². The summed E-state index contributed by atoms with van der Waals surface area (Å²) in [7, 11) is 1.81. The number of oxazole rings is 1. The molecule has 0 spiro atoms. The van der Waals surface area contributed by atoms with Crippen molar-refractivity contribution >= 4 is 17.0 Å². The maximum atomic E-state index is 13.1. The number of aliphatic hydroxyl groups is 1. The van der Waals surface area contributed by atoms with Crippen molar-refractivity contribution in [2.75, 3.05) is 26.7 Å². The Balaban J connectivity index is 1.57. The second-order valence-corrected chi connectivity index (χ2v) is 6.00. The summed E-state index contributed by atoms with van der Waals surface area (Å²) in [4.78, 5) is 20.1. The molecular weight excluding hydrogens is 301 g/mol. The van der Waals surface area contributed by atoms with Crippen LogP contribution in [0.4, 0.5) is 4.39 Å². The number of hydrogen-bond donors (Lipinski definition) is 1. The zero-order valence-electron chi connectivity index (χ0n) is 13.0. The highest BCUT2D eigenvalue weighted by Crippen LogP contribution is 2.17. The molecule has 0 atom stereocenters. The minimum Gasteiger partial charge on any atom is -0.439 e. The molecule has 1 fully saturated rings. The summed E-state index contributed by atoms with van der Waals surface area (Å²) in [5.74, 6) is 0.118. The van der Waals surface area contributed by atoms with Crippen LogP contribution in [0.2, 0.25) is 0 Å². The summed E-state index contributed by atoms with van der Waals surface area (Å²) in [6, 6.07) is 4.21. The lowest BCUT2D eigenvalue weighted by atomic mass is 10.1. The average molecular weight is 321 g/mol. The van der Waals surface area contributed by atoms with Crippen LogP contribution in [0.3, 0.4) is 0 Å². The molecule has 1 aliphatic rings. The first-order chi connectivity index (χ1) is 11.0. The maximum absolute atomic E-state index is 13.1.